The fraction of sp³-hybridized carbons (Fsp3) is 0.474. The maximum absolute atomic E-state index is 12.4. The molecule has 24 heavy (non-hydrogen) atoms. The number of hydrogen-bond donors (Lipinski definition) is 1. The summed E-state index contributed by atoms with van der Waals surface area (Å²) in [5, 5.41) is 3.17. The predicted molar refractivity (Wildman–Crippen MR) is 93.7 cm³/mol. The fourth-order valence-electron chi connectivity index (χ4n) is 3.25. The topological polar surface area (TPSA) is 58.4 Å². The SMILES string of the molecule is CNCC1CCCN1C(=O)CCc1ncc(-c2ccc(C)cc2)o1. The molecular formula is C19H25N3O2. The Hall–Kier alpha value is -2.14. The van der Waals surface area contributed by atoms with Crippen LogP contribution in [0.3, 0.4) is 0 Å². The number of benzene rings is 1. The van der Waals surface area contributed by atoms with Crippen molar-refractivity contribution in [2.75, 3.05) is 20.1 Å². The second-order valence-electron chi connectivity index (χ2n) is 6.43. The summed E-state index contributed by atoms with van der Waals surface area (Å²) < 4.78 is 5.80. The van der Waals surface area contributed by atoms with Crippen LogP contribution in [0.5, 0.6) is 0 Å². The van der Waals surface area contributed by atoms with Crippen molar-refractivity contribution in [3.05, 3.63) is 41.9 Å². The van der Waals surface area contributed by atoms with Gasteiger partial charge in [0.15, 0.2) is 11.7 Å². The predicted octanol–water partition coefficient (Wildman–Crippen LogP) is 2.79. The van der Waals surface area contributed by atoms with Crippen molar-refractivity contribution in [2.45, 2.75) is 38.6 Å². The number of amides is 1. The lowest BCUT2D eigenvalue weighted by Gasteiger charge is -2.24. The lowest BCUT2D eigenvalue weighted by Crippen LogP contribution is -2.40. The number of hydrogen-bond acceptors (Lipinski definition) is 4. The highest BCUT2D eigenvalue weighted by Gasteiger charge is 2.27. The molecule has 128 valence electrons. The highest BCUT2D eigenvalue weighted by molar-refractivity contribution is 5.77. The van der Waals surface area contributed by atoms with Crippen LogP contribution in [0.1, 0.15) is 30.7 Å². The molecule has 2 aromatic rings. The second kappa shape index (κ2) is 7.62. The van der Waals surface area contributed by atoms with Gasteiger partial charge in [-0.3, -0.25) is 4.79 Å². The van der Waals surface area contributed by atoms with Crippen LogP contribution in [0.4, 0.5) is 0 Å². The molecule has 1 aliphatic heterocycles. The number of carbonyl (C=O) groups excluding carboxylic acids is 1. The van der Waals surface area contributed by atoms with Crippen LogP contribution >= 0.6 is 0 Å². The first-order valence-corrected chi connectivity index (χ1v) is 8.63. The van der Waals surface area contributed by atoms with Gasteiger partial charge in [-0.15, -0.1) is 0 Å². The number of likely N-dealkylation sites (tertiary alicyclic amines) is 1. The number of rotatable bonds is 6. The number of likely N-dealkylation sites (N-methyl/N-ethyl adjacent to an activating group) is 1. The van der Waals surface area contributed by atoms with Gasteiger partial charge in [-0.1, -0.05) is 29.8 Å². The van der Waals surface area contributed by atoms with Crippen LogP contribution in [0, 0.1) is 6.92 Å². The van der Waals surface area contributed by atoms with Crippen molar-refractivity contribution < 1.29 is 9.21 Å². The molecule has 1 amide bonds. The van der Waals surface area contributed by atoms with Crippen molar-refractivity contribution in [1.82, 2.24) is 15.2 Å². The third kappa shape index (κ3) is 3.85. The number of nitrogens with one attached hydrogen (secondary N) is 1. The molecule has 1 atom stereocenters. The minimum atomic E-state index is 0.197. The molecule has 5 nitrogen and oxygen atoms in total. The molecule has 1 aromatic heterocycles. The van der Waals surface area contributed by atoms with Gasteiger partial charge in [0.2, 0.25) is 5.91 Å². The molecule has 1 N–H and O–H groups in total. The van der Waals surface area contributed by atoms with Gasteiger partial charge in [0.1, 0.15) is 0 Å². The third-order valence-corrected chi connectivity index (χ3v) is 4.58. The highest BCUT2D eigenvalue weighted by atomic mass is 16.4. The molecule has 1 aliphatic rings. The van der Waals surface area contributed by atoms with E-state index in [1.807, 2.05) is 24.1 Å². The Labute approximate surface area is 143 Å². The van der Waals surface area contributed by atoms with Gasteiger partial charge in [-0.25, -0.2) is 4.98 Å². The van der Waals surface area contributed by atoms with Crippen LogP contribution < -0.4 is 5.32 Å². The van der Waals surface area contributed by atoms with Gasteiger partial charge in [0.25, 0.3) is 0 Å². The normalized spacial score (nSPS) is 17.4. The molecule has 2 heterocycles. The molecule has 0 bridgehead atoms. The number of carbonyl (C=O) groups is 1. The number of oxazole rings is 1. The number of aryl methyl sites for hydroxylation is 2. The average Bonchev–Trinajstić information content (AvgIpc) is 3.23. The number of nitrogens with zero attached hydrogens (tertiary/aromatic N) is 2. The summed E-state index contributed by atoms with van der Waals surface area (Å²) in [6.07, 6.45) is 4.92. The van der Waals surface area contributed by atoms with E-state index in [0.717, 1.165) is 37.3 Å². The van der Waals surface area contributed by atoms with Gasteiger partial charge in [-0.05, 0) is 26.8 Å². The molecule has 3 rings (SSSR count). The third-order valence-electron chi connectivity index (χ3n) is 4.58. The van der Waals surface area contributed by atoms with Crippen molar-refractivity contribution >= 4 is 5.91 Å². The second-order valence-corrected chi connectivity index (χ2v) is 6.43. The highest BCUT2D eigenvalue weighted by Crippen LogP contribution is 2.22. The van der Waals surface area contributed by atoms with E-state index in [0.29, 0.717) is 24.8 Å². The minimum absolute atomic E-state index is 0.197. The van der Waals surface area contributed by atoms with Crippen LogP contribution in [0.2, 0.25) is 0 Å². The standard InChI is InChI=1S/C19H25N3O2/c1-14-5-7-15(8-6-14)17-13-21-18(24-17)9-10-19(23)22-11-3-4-16(22)12-20-2/h5-8,13,16,20H,3-4,9-12H2,1-2H3. The first kappa shape index (κ1) is 16.7. The van der Waals surface area contributed by atoms with Gasteiger partial charge in [0.05, 0.1) is 6.20 Å². The van der Waals surface area contributed by atoms with E-state index in [9.17, 15) is 4.79 Å². The molecular weight excluding hydrogens is 302 g/mol. The Kier molecular flexibility index (Phi) is 5.30. The van der Waals surface area contributed by atoms with Crippen molar-refractivity contribution in [3.8, 4) is 11.3 Å². The summed E-state index contributed by atoms with van der Waals surface area (Å²) in [5.74, 6) is 1.58. The van der Waals surface area contributed by atoms with Crippen LogP contribution in [-0.2, 0) is 11.2 Å². The number of aromatic nitrogens is 1. The molecule has 0 saturated carbocycles. The van der Waals surface area contributed by atoms with E-state index in [1.54, 1.807) is 6.20 Å². The molecule has 0 aliphatic carbocycles. The van der Waals surface area contributed by atoms with Gasteiger partial charge >= 0.3 is 0 Å². The zero-order chi connectivity index (χ0) is 16.9. The Balaban J connectivity index is 1.57. The van der Waals surface area contributed by atoms with E-state index in [2.05, 4.69) is 29.4 Å². The largest absolute Gasteiger partial charge is 0.441 e. The Bertz CT molecular complexity index is 678. The van der Waals surface area contributed by atoms with Crippen molar-refractivity contribution in [2.24, 2.45) is 0 Å². The summed E-state index contributed by atoms with van der Waals surface area (Å²) >= 11 is 0. The Morgan fingerprint density at radius 1 is 1.38 bits per heavy atom. The van der Waals surface area contributed by atoms with Gasteiger partial charge in [-0.2, -0.15) is 0 Å². The van der Waals surface area contributed by atoms with Crippen LogP contribution in [-0.4, -0.2) is 42.0 Å². The van der Waals surface area contributed by atoms with Crippen molar-refractivity contribution in [3.63, 3.8) is 0 Å². The van der Waals surface area contributed by atoms with E-state index in [-0.39, 0.29) is 5.91 Å². The minimum Gasteiger partial charge on any atom is -0.441 e. The summed E-state index contributed by atoms with van der Waals surface area (Å²) in [5.41, 5.74) is 2.23. The fourth-order valence-corrected chi connectivity index (χ4v) is 3.25. The molecule has 1 saturated heterocycles. The van der Waals surface area contributed by atoms with E-state index in [1.165, 1.54) is 5.56 Å². The maximum Gasteiger partial charge on any atom is 0.223 e. The Morgan fingerprint density at radius 2 is 2.17 bits per heavy atom. The molecule has 5 heteroatoms. The van der Waals surface area contributed by atoms with Gasteiger partial charge in [0, 0.05) is 37.5 Å². The van der Waals surface area contributed by atoms with Crippen molar-refractivity contribution in [1.29, 1.82) is 0 Å². The molecule has 1 unspecified atom stereocenters. The zero-order valence-electron chi connectivity index (χ0n) is 14.4. The molecule has 1 fully saturated rings. The monoisotopic (exact) mass is 327 g/mol. The average molecular weight is 327 g/mol. The molecule has 0 radical (unpaired) electrons. The smallest absolute Gasteiger partial charge is 0.223 e. The zero-order valence-corrected chi connectivity index (χ0v) is 14.4. The summed E-state index contributed by atoms with van der Waals surface area (Å²) in [6.45, 7) is 3.79. The summed E-state index contributed by atoms with van der Waals surface area (Å²) in [7, 11) is 1.93. The Morgan fingerprint density at radius 3 is 2.92 bits per heavy atom. The lowest BCUT2D eigenvalue weighted by atomic mass is 10.1. The quantitative estimate of drug-likeness (QED) is 0.886. The van der Waals surface area contributed by atoms with Gasteiger partial charge < -0.3 is 14.6 Å². The first-order chi connectivity index (χ1) is 11.7. The van der Waals surface area contributed by atoms with E-state index < -0.39 is 0 Å². The first-order valence-electron chi connectivity index (χ1n) is 8.63. The lowest BCUT2D eigenvalue weighted by molar-refractivity contribution is -0.131. The molecule has 0 spiro atoms. The summed E-state index contributed by atoms with van der Waals surface area (Å²) in [4.78, 5) is 18.8. The summed E-state index contributed by atoms with van der Waals surface area (Å²) in [6, 6.07) is 8.48. The van der Waals surface area contributed by atoms with E-state index in [4.69, 9.17) is 4.42 Å². The van der Waals surface area contributed by atoms with Crippen LogP contribution in [0.25, 0.3) is 11.3 Å². The van der Waals surface area contributed by atoms with E-state index >= 15 is 0 Å². The van der Waals surface area contributed by atoms with Crippen LogP contribution in [0.15, 0.2) is 34.9 Å². The molecule has 1 aromatic carbocycles. The maximum atomic E-state index is 12.4.